The Kier molecular flexibility index (Phi) is 3.87. The highest BCUT2D eigenvalue weighted by atomic mass is 16.5. The first-order chi connectivity index (χ1) is 10.7. The molecule has 0 spiro atoms. The number of methoxy groups -OCH3 is 2. The molecular formula is C17H19N3O2. The van der Waals surface area contributed by atoms with Gasteiger partial charge in [-0.05, 0) is 30.7 Å². The molecule has 0 fully saturated rings. The standard InChI is InChI=1S/C17H19N3O2/c1-12-5-4-8-20-11-13(19-17(12)20)10-18-15-7-6-14(21-2)9-16(15)22-3/h4-9,11,18H,10H2,1-3H3. The SMILES string of the molecule is COc1ccc(NCc2cn3cccc(C)c3n2)c(OC)c1. The van der Waals surface area contributed by atoms with Crippen molar-refractivity contribution in [2.75, 3.05) is 19.5 Å². The van der Waals surface area contributed by atoms with E-state index in [2.05, 4.69) is 23.3 Å². The molecule has 3 rings (SSSR count). The monoisotopic (exact) mass is 297 g/mol. The van der Waals surface area contributed by atoms with Gasteiger partial charge < -0.3 is 19.2 Å². The number of benzene rings is 1. The molecule has 1 N–H and O–H groups in total. The van der Waals surface area contributed by atoms with Crippen molar-refractivity contribution in [2.45, 2.75) is 13.5 Å². The van der Waals surface area contributed by atoms with E-state index in [1.54, 1.807) is 14.2 Å². The topological polar surface area (TPSA) is 47.8 Å². The zero-order chi connectivity index (χ0) is 15.5. The van der Waals surface area contributed by atoms with Gasteiger partial charge in [0.2, 0.25) is 0 Å². The Hall–Kier alpha value is -2.69. The normalized spacial score (nSPS) is 10.7. The summed E-state index contributed by atoms with van der Waals surface area (Å²) in [5.41, 5.74) is 4.04. The van der Waals surface area contributed by atoms with Gasteiger partial charge in [-0.3, -0.25) is 0 Å². The first-order valence-electron chi connectivity index (χ1n) is 7.10. The van der Waals surface area contributed by atoms with Gasteiger partial charge in [0.05, 0.1) is 32.1 Å². The van der Waals surface area contributed by atoms with Crippen LogP contribution in [0.4, 0.5) is 5.69 Å². The van der Waals surface area contributed by atoms with Crippen LogP contribution in [-0.4, -0.2) is 23.6 Å². The fraction of sp³-hybridized carbons (Fsp3) is 0.235. The van der Waals surface area contributed by atoms with Crippen molar-refractivity contribution < 1.29 is 9.47 Å². The number of aryl methyl sites for hydroxylation is 1. The number of nitrogens with zero attached hydrogens (tertiary/aromatic N) is 2. The van der Waals surface area contributed by atoms with Crippen molar-refractivity contribution >= 4 is 11.3 Å². The number of hydrogen-bond acceptors (Lipinski definition) is 4. The summed E-state index contributed by atoms with van der Waals surface area (Å²) in [6, 6.07) is 9.79. The Morgan fingerprint density at radius 3 is 2.77 bits per heavy atom. The molecule has 0 unspecified atom stereocenters. The van der Waals surface area contributed by atoms with Gasteiger partial charge in [0.25, 0.3) is 0 Å². The maximum atomic E-state index is 5.39. The first-order valence-corrected chi connectivity index (χ1v) is 7.10. The van der Waals surface area contributed by atoms with Gasteiger partial charge in [0, 0.05) is 18.5 Å². The Bertz CT molecular complexity index is 796. The molecule has 0 amide bonds. The predicted molar refractivity (Wildman–Crippen MR) is 86.8 cm³/mol. The Morgan fingerprint density at radius 1 is 1.18 bits per heavy atom. The van der Waals surface area contributed by atoms with Crippen LogP contribution in [0.25, 0.3) is 5.65 Å². The zero-order valence-corrected chi connectivity index (χ0v) is 13.0. The number of aromatic nitrogens is 2. The number of pyridine rings is 1. The van der Waals surface area contributed by atoms with Crippen LogP contribution in [0, 0.1) is 6.92 Å². The number of ether oxygens (including phenoxy) is 2. The molecule has 0 aliphatic rings. The van der Waals surface area contributed by atoms with Crippen molar-refractivity contribution in [1.82, 2.24) is 9.38 Å². The third kappa shape index (κ3) is 2.70. The Morgan fingerprint density at radius 2 is 2.05 bits per heavy atom. The van der Waals surface area contributed by atoms with E-state index in [9.17, 15) is 0 Å². The summed E-state index contributed by atoms with van der Waals surface area (Å²) in [7, 11) is 3.29. The van der Waals surface area contributed by atoms with E-state index in [0.29, 0.717) is 6.54 Å². The molecule has 0 radical (unpaired) electrons. The van der Waals surface area contributed by atoms with E-state index in [1.807, 2.05) is 41.1 Å². The summed E-state index contributed by atoms with van der Waals surface area (Å²) in [5, 5.41) is 3.36. The average Bonchev–Trinajstić information content (AvgIpc) is 2.97. The molecular weight excluding hydrogens is 278 g/mol. The molecule has 2 aromatic heterocycles. The smallest absolute Gasteiger partial charge is 0.145 e. The summed E-state index contributed by atoms with van der Waals surface area (Å²) < 4.78 is 12.6. The summed E-state index contributed by atoms with van der Waals surface area (Å²) >= 11 is 0. The van der Waals surface area contributed by atoms with E-state index in [0.717, 1.165) is 34.1 Å². The maximum absolute atomic E-state index is 5.39. The molecule has 0 bridgehead atoms. The van der Waals surface area contributed by atoms with Crippen LogP contribution >= 0.6 is 0 Å². The predicted octanol–water partition coefficient (Wildman–Crippen LogP) is 3.27. The van der Waals surface area contributed by atoms with E-state index in [4.69, 9.17) is 9.47 Å². The Labute approximate surface area is 129 Å². The highest BCUT2D eigenvalue weighted by molar-refractivity contribution is 5.59. The number of hydrogen-bond donors (Lipinski definition) is 1. The van der Waals surface area contributed by atoms with Crippen LogP contribution in [0.15, 0.2) is 42.7 Å². The lowest BCUT2D eigenvalue weighted by molar-refractivity contribution is 0.395. The van der Waals surface area contributed by atoms with Crippen LogP contribution in [0.5, 0.6) is 11.5 Å². The summed E-state index contributed by atoms with van der Waals surface area (Å²) in [5.74, 6) is 1.52. The molecule has 5 heteroatoms. The third-order valence-electron chi connectivity index (χ3n) is 3.60. The lowest BCUT2D eigenvalue weighted by atomic mass is 10.2. The molecule has 114 valence electrons. The second kappa shape index (κ2) is 5.97. The Balaban J connectivity index is 1.80. The van der Waals surface area contributed by atoms with E-state index >= 15 is 0 Å². The van der Waals surface area contributed by atoms with Gasteiger partial charge in [-0.1, -0.05) is 6.07 Å². The van der Waals surface area contributed by atoms with Crippen molar-refractivity contribution in [3.63, 3.8) is 0 Å². The van der Waals surface area contributed by atoms with Crippen molar-refractivity contribution in [2.24, 2.45) is 0 Å². The van der Waals surface area contributed by atoms with Crippen LogP contribution in [0.1, 0.15) is 11.3 Å². The third-order valence-corrected chi connectivity index (χ3v) is 3.60. The minimum absolute atomic E-state index is 0.629. The highest BCUT2D eigenvalue weighted by Crippen LogP contribution is 2.29. The molecule has 0 aliphatic heterocycles. The number of imidazole rings is 1. The second-order valence-electron chi connectivity index (χ2n) is 5.07. The zero-order valence-electron chi connectivity index (χ0n) is 13.0. The van der Waals surface area contributed by atoms with Crippen molar-refractivity contribution in [3.05, 3.63) is 54.0 Å². The van der Waals surface area contributed by atoms with Gasteiger partial charge >= 0.3 is 0 Å². The molecule has 5 nitrogen and oxygen atoms in total. The molecule has 0 aliphatic carbocycles. The molecule has 22 heavy (non-hydrogen) atoms. The van der Waals surface area contributed by atoms with Crippen molar-refractivity contribution in [3.8, 4) is 11.5 Å². The van der Waals surface area contributed by atoms with Crippen LogP contribution in [0.2, 0.25) is 0 Å². The van der Waals surface area contributed by atoms with Crippen LogP contribution < -0.4 is 14.8 Å². The molecule has 0 atom stereocenters. The second-order valence-corrected chi connectivity index (χ2v) is 5.07. The lowest BCUT2D eigenvalue weighted by Gasteiger charge is -2.11. The minimum atomic E-state index is 0.629. The number of rotatable bonds is 5. The van der Waals surface area contributed by atoms with Gasteiger partial charge in [0.15, 0.2) is 0 Å². The number of anilines is 1. The summed E-state index contributed by atoms with van der Waals surface area (Å²) in [6.45, 7) is 2.69. The minimum Gasteiger partial charge on any atom is -0.497 e. The quantitative estimate of drug-likeness (QED) is 0.785. The van der Waals surface area contributed by atoms with Crippen LogP contribution in [0.3, 0.4) is 0 Å². The number of nitrogens with one attached hydrogen (secondary N) is 1. The van der Waals surface area contributed by atoms with Gasteiger partial charge in [0.1, 0.15) is 17.1 Å². The first kappa shape index (κ1) is 14.3. The summed E-state index contributed by atoms with van der Waals surface area (Å²) in [6.07, 6.45) is 4.04. The molecule has 0 saturated heterocycles. The fourth-order valence-corrected chi connectivity index (χ4v) is 2.42. The van der Waals surface area contributed by atoms with E-state index < -0.39 is 0 Å². The lowest BCUT2D eigenvalue weighted by Crippen LogP contribution is -2.02. The summed E-state index contributed by atoms with van der Waals surface area (Å²) in [4.78, 5) is 4.65. The molecule has 2 heterocycles. The van der Waals surface area contributed by atoms with Gasteiger partial charge in [-0.2, -0.15) is 0 Å². The molecule has 3 aromatic rings. The largest absolute Gasteiger partial charge is 0.497 e. The van der Waals surface area contributed by atoms with E-state index in [-0.39, 0.29) is 0 Å². The van der Waals surface area contributed by atoms with E-state index in [1.165, 1.54) is 0 Å². The van der Waals surface area contributed by atoms with Gasteiger partial charge in [-0.25, -0.2) is 4.98 Å². The number of fused-ring (bicyclic) bond motifs is 1. The highest BCUT2D eigenvalue weighted by Gasteiger charge is 2.07. The van der Waals surface area contributed by atoms with Crippen molar-refractivity contribution in [1.29, 1.82) is 0 Å². The molecule has 1 aromatic carbocycles. The molecule has 0 saturated carbocycles. The fourth-order valence-electron chi connectivity index (χ4n) is 2.42. The maximum Gasteiger partial charge on any atom is 0.145 e. The average molecular weight is 297 g/mol. The van der Waals surface area contributed by atoms with Gasteiger partial charge in [-0.15, -0.1) is 0 Å². The van der Waals surface area contributed by atoms with Crippen LogP contribution in [-0.2, 0) is 6.54 Å².